The van der Waals surface area contributed by atoms with Gasteiger partial charge in [-0.05, 0) is 6.92 Å². The largest absolute Gasteiger partial charge is 0.385 e. The number of ether oxygens (including phenoxy) is 2. The van der Waals surface area contributed by atoms with Crippen molar-refractivity contribution in [2.75, 3.05) is 6.35 Å². The van der Waals surface area contributed by atoms with Crippen LogP contribution < -0.4 is 11.2 Å². The van der Waals surface area contributed by atoms with Crippen LogP contribution >= 0.6 is 7.60 Å². The van der Waals surface area contributed by atoms with Crippen molar-refractivity contribution in [3.63, 3.8) is 0 Å². The minimum Gasteiger partial charge on any atom is -0.385 e. The van der Waals surface area contributed by atoms with Gasteiger partial charge in [-0.2, -0.15) is 0 Å². The molecule has 2 heterocycles. The van der Waals surface area contributed by atoms with Crippen molar-refractivity contribution in [2.45, 2.75) is 31.1 Å². The number of aliphatic hydroxyl groups is 2. The van der Waals surface area contributed by atoms with Gasteiger partial charge in [0.25, 0.3) is 5.56 Å². The molecule has 1 aliphatic heterocycles. The second-order valence-corrected chi connectivity index (χ2v) is 6.50. The summed E-state index contributed by atoms with van der Waals surface area (Å²) in [6.45, 7) is 1.16. The van der Waals surface area contributed by atoms with Crippen LogP contribution in [0.1, 0.15) is 13.2 Å². The van der Waals surface area contributed by atoms with Crippen molar-refractivity contribution < 1.29 is 34.0 Å². The molecule has 1 saturated heterocycles. The third-order valence-corrected chi connectivity index (χ3v) is 3.62. The maximum atomic E-state index is 11.7. The number of nitrogens with one attached hydrogen (secondary N) is 1. The third kappa shape index (κ3) is 3.36. The Morgan fingerprint density at radius 1 is 1.45 bits per heavy atom. The van der Waals surface area contributed by atoms with Gasteiger partial charge < -0.3 is 29.5 Å². The molecule has 0 aromatic carbocycles. The molecule has 2 rings (SSSR count). The number of hydrogen-bond acceptors (Lipinski definition) is 7. The number of hydrogen-bond donors (Lipinski definition) is 5. The van der Waals surface area contributed by atoms with Gasteiger partial charge >= 0.3 is 13.3 Å². The lowest BCUT2D eigenvalue weighted by Gasteiger charge is -2.27. The summed E-state index contributed by atoms with van der Waals surface area (Å²) in [5.41, 5.74) is -1.54. The van der Waals surface area contributed by atoms with Crippen LogP contribution in [-0.2, 0) is 14.0 Å². The molecule has 0 spiro atoms. The average molecular weight is 338 g/mol. The predicted octanol–water partition coefficient (Wildman–Crippen LogP) is -2.34. The fraction of sp³-hybridized carbons (Fsp3) is 0.600. The van der Waals surface area contributed by atoms with Crippen LogP contribution in [-0.4, -0.2) is 53.9 Å². The van der Waals surface area contributed by atoms with Crippen LogP contribution in [0.3, 0.4) is 0 Å². The topological polar surface area (TPSA) is 171 Å². The summed E-state index contributed by atoms with van der Waals surface area (Å²) < 4.78 is 21.8. The van der Waals surface area contributed by atoms with Crippen molar-refractivity contribution in [2.24, 2.45) is 0 Å². The summed E-state index contributed by atoms with van der Waals surface area (Å²) in [5.74, 6) is -1.94. The van der Waals surface area contributed by atoms with Crippen LogP contribution in [0, 0.1) is 0 Å². The summed E-state index contributed by atoms with van der Waals surface area (Å²) in [6, 6.07) is 1.01. The van der Waals surface area contributed by atoms with E-state index in [0.717, 1.165) is 23.8 Å². The Hall–Kier alpha value is -1.33. The second kappa shape index (κ2) is 5.70. The molecule has 0 saturated carbocycles. The van der Waals surface area contributed by atoms with Gasteiger partial charge in [-0.25, -0.2) is 4.79 Å². The standard InChI is InChI=1S/C10H15N2O9P/c1-10(20-4-22(17,18)19)7(15)6(14)8(21-10)12-3-2-5(13)11-9(12)16/h2-3,6-8,14-15H,4H2,1H3,(H,11,13,16)(H2,17,18,19)/t6-,7+,8-,10-/m1/s1. The first-order chi connectivity index (χ1) is 10.0. The molecule has 0 aliphatic carbocycles. The molecule has 12 heteroatoms. The molecule has 4 atom stereocenters. The highest BCUT2D eigenvalue weighted by atomic mass is 31.2. The molecule has 0 radical (unpaired) electrons. The Morgan fingerprint density at radius 2 is 2.09 bits per heavy atom. The van der Waals surface area contributed by atoms with E-state index in [4.69, 9.17) is 19.3 Å². The molecule has 11 nitrogen and oxygen atoms in total. The van der Waals surface area contributed by atoms with Crippen molar-refractivity contribution in [1.29, 1.82) is 0 Å². The lowest BCUT2D eigenvalue weighted by atomic mass is 10.1. The van der Waals surface area contributed by atoms with Gasteiger partial charge in [0, 0.05) is 12.3 Å². The Labute approximate surface area is 122 Å². The Kier molecular flexibility index (Phi) is 4.42. The van der Waals surface area contributed by atoms with Gasteiger partial charge in [0.15, 0.2) is 18.4 Å². The molecule has 1 aromatic rings. The first-order valence-electron chi connectivity index (χ1n) is 6.07. The number of H-pyrrole nitrogens is 1. The number of nitrogens with zero attached hydrogens (tertiary/aromatic N) is 1. The van der Waals surface area contributed by atoms with Gasteiger partial charge in [-0.3, -0.25) is 18.9 Å². The van der Waals surface area contributed by atoms with Crippen molar-refractivity contribution >= 4 is 7.60 Å². The van der Waals surface area contributed by atoms with Crippen molar-refractivity contribution in [3.8, 4) is 0 Å². The zero-order valence-electron chi connectivity index (χ0n) is 11.3. The van der Waals surface area contributed by atoms with Crippen LogP contribution in [0.25, 0.3) is 0 Å². The van der Waals surface area contributed by atoms with Gasteiger partial charge in [-0.1, -0.05) is 0 Å². The minimum atomic E-state index is -4.53. The fourth-order valence-electron chi connectivity index (χ4n) is 2.03. The molecule has 0 amide bonds. The van der Waals surface area contributed by atoms with E-state index in [1.807, 2.05) is 4.98 Å². The fourth-order valence-corrected chi connectivity index (χ4v) is 2.45. The number of aromatic nitrogens is 2. The summed E-state index contributed by atoms with van der Waals surface area (Å²) in [6.07, 6.45) is -4.69. The monoisotopic (exact) mass is 338 g/mol. The molecule has 5 N–H and O–H groups in total. The Morgan fingerprint density at radius 3 is 2.64 bits per heavy atom. The quantitative estimate of drug-likeness (QED) is 0.377. The van der Waals surface area contributed by atoms with E-state index in [9.17, 15) is 24.4 Å². The Bertz CT molecular complexity index is 709. The highest BCUT2D eigenvalue weighted by molar-refractivity contribution is 7.51. The summed E-state index contributed by atoms with van der Waals surface area (Å²) in [4.78, 5) is 42.2. The highest BCUT2D eigenvalue weighted by Gasteiger charge is 2.54. The Balaban J connectivity index is 2.28. The van der Waals surface area contributed by atoms with Crippen LogP contribution in [0.2, 0.25) is 0 Å². The molecule has 1 aliphatic rings. The van der Waals surface area contributed by atoms with Crippen LogP contribution in [0.5, 0.6) is 0 Å². The smallest absolute Gasteiger partial charge is 0.351 e. The SMILES string of the molecule is C[C@@]1(OCP(=O)(O)O)O[C@@H](n2ccc(=O)[nH]c2=O)[C@H](O)[C@@H]1O. The lowest BCUT2D eigenvalue weighted by molar-refractivity contribution is -0.248. The average Bonchev–Trinajstić information content (AvgIpc) is 2.61. The number of aromatic amines is 1. The first kappa shape index (κ1) is 17.0. The minimum absolute atomic E-state index is 0.658. The number of rotatable bonds is 4. The van der Waals surface area contributed by atoms with Gasteiger partial charge in [0.2, 0.25) is 0 Å². The molecule has 124 valence electrons. The summed E-state index contributed by atoms with van der Waals surface area (Å²) >= 11 is 0. The molecule has 0 bridgehead atoms. The highest BCUT2D eigenvalue weighted by Crippen LogP contribution is 2.42. The second-order valence-electron chi connectivity index (χ2n) is 4.92. The van der Waals surface area contributed by atoms with E-state index in [-0.39, 0.29) is 0 Å². The van der Waals surface area contributed by atoms with E-state index in [1.54, 1.807) is 0 Å². The van der Waals surface area contributed by atoms with E-state index in [0.29, 0.717) is 0 Å². The zero-order valence-corrected chi connectivity index (χ0v) is 12.2. The van der Waals surface area contributed by atoms with Crippen molar-refractivity contribution in [3.05, 3.63) is 33.1 Å². The maximum absolute atomic E-state index is 11.7. The van der Waals surface area contributed by atoms with E-state index in [2.05, 4.69) is 0 Å². The van der Waals surface area contributed by atoms with Crippen molar-refractivity contribution in [1.82, 2.24) is 9.55 Å². The summed E-state index contributed by atoms with van der Waals surface area (Å²) in [5, 5.41) is 19.9. The maximum Gasteiger partial charge on any atom is 0.351 e. The van der Waals surface area contributed by atoms with E-state index in [1.165, 1.54) is 0 Å². The summed E-state index contributed by atoms with van der Waals surface area (Å²) in [7, 11) is -4.53. The van der Waals surface area contributed by atoms with Gasteiger partial charge in [0.1, 0.15) is 12.2 Å². The normalized spacial score (nSPS) is 32.3. The third-order valence-electron chi connectivity index (χ3n) is 3.15. The first-order valence-corrected chi connectivity index (χ1v) is 7.87. The van der Waals surface area contributed by atoms with E-state index >= 15 is 0 Å². The predicted molar refractivity (Wildman–Crippen MR) is 69.9 cm³/mol. The van der Waals surface area contributed by atoms with Crippen LogP contribution in [0.4, 0.5) is 0 Å². The van der Waals surface area contributed by atoms with Gasteiger partial charge in [0.05, 0.1) is 0 Å². The molecule has 22 heavy (non-hydrogen) atoms. The van der Waals surface area contributed by atoms with E-state index < -0.39 is 49.4 Å². The molecule has 1 fully saturated rings. The molecule has 1 aromatic heterocycles. The zero-order chi connectivity index (χ0) is 16.7. The van der Waals surface area contributed by atoms with Gasteiger partial charge in [-0.15, -0.1) is 0 Å². The molecular formula is C10H15N2O9P. The van der Waals surface area contributed by atoms with Crippen LogP contribution in [0.15, 0.2) is 21.9 Å². The lowest BCUT2D eigenvalue weighted by Crippen LogP contribution is -2.43. The number of aliphatic hydroxyl groups excluding tert-OH is 2. The molecule has 0 unspecified atom stereocenters. The molecular weight excluding hydrogens is 323 g/mol.